The fourth-order valence-corrected chi connectivity index (χ4v) is 4.53. The summed E-state index contributed by atoms with van der Waals surface area (Å²) in [6.07, 6.45) is 2.36. The highest BCUT2D eigenvalue weighted by Crippen LogP contribution is 2.36. The normalized spacial score (nSPS) is 15.3. The molecule has 2 N–H and O–H groups in total. The molecule has 34 heavy (non-hydrogen) atoms. The zero-order chi connectivity index (χ0) is 24.4. The number of ether oxygens (including phenoxy) is 1. The van der Waals surface area contributed by atoms with Crippen LogP contribution in [0.3, 0.4) is 0 Å². The van der Waals surface area contributed by atoms with Crippen molar-refractivity contribution in [1.29, 1.82) is 0 Å². The van der Waals surface area contributed by atoms with Crippen molar-refractivity contribution in [3.05, 3.63) is 69.8 Å². The summed E-state index contributed by atoms with van der Waals surface area (Å²) in [4.78, 5) is 25.8. The molecule has 3 heterocycles. The van der Waals surface area contributed by atoms with E-state index in [2.05, 4.69) is 14.9 Å². The Morgan fingerprint density at radius 2 is 1.88 bits per heavy atom. The fraction of sp³-hybridized carbons (Fsp3) is 0.292. The summed E-state index contributed by atoms with van der Waals surface area (Å²) in [6, 6.07) is 7.77. The molecule has 1 saturated heterocycles. The number of nitrogens with two attached hydrogens (primary N) is 1. The number of rotatable bonds is 5. The number of amides is 1. The van der Waals surface area contributed by atoms with E-state index < -0.39 is 11.9 Å². The van der Waals surface area contributed by atoms with Crippen molar-refractivity contribution in [2.75, 3.05) is 39.0 Å². The van der Waals surface area contributed by atoms with Gasteiger partial charge in [-0.15, -0.1) is 0 Å². The molecule has 0 aliphatic carbocycles. The lowest BCUT2D eigenvalue weighted by molar-refractivity contribution is 0.0659. The first-order valence-corrected chi connectivity index (χ1v) is 11.5. The molecule has 1 aliphatic rings. The van der Waals surface area contributed by atoms with Crippen molar-refractivity contribution in [3.63, 3.8) is 0 Å². The number of anilines is 1. The number of nitrogen functional groups attached to an aromatic ring is 1. The second kappa shape index (κ2) is 10.1. The Labute approximate surface area is 207 Å². The topological polar surface area (TPSA) is 84.6 Å². The van der Waals surface area contributed by atoms with Gasteiger partial charge in [0.05, 0.1) is 11.2 Å². The standard InChI is InChI=1S/C24H24Cl2FN5O2/c1-14(21-18(25)3-4-19(27)22(21)26)34-16-12-17(15-5-6-29-20(28)11-15)23(30-13-16)24(33)32-9-7-31(2)8-10-32/h3-6,11-14H,7-10H2,1-2H3,(H2,28,29). The molecule has 0 saturated carbocycles. The molecule has 0 radical (unpaired) electrons. The van der Waals surface area contributed by atoms with Crippen molar-refractivity contribution in [2.45, 2.75) is 13.0 Å². The molecule has 3 aromatic rings. The maximum Gasteiger partial charge on any atom is 0.273 e. The summed E-state index contributed by atoms with van der Waals surface area (Å²) in [6.45, 7) is 4.51. The maximum atomic E-state index is 14.0. The number of nitrogens with zero attached hydrogens (tertiary/aromatic N) is 4. The van der Waals surface area contributed by atoms with Crippen LogP contribution in [-0.2, 0) is 0 Å². The fourth-order valence-electron chi connectivity index (χ4n) is 3.85. The van der Waals surface area contributed by atoms with E-state index in [1.54, 1.807) is 36.2 Å². The molecule has 10 heteroatoms. The third-order valence-corrected chi connectivity index (χ3v) is 6.46. The lowest BCUT2D eigenvalue weighted by Gasteiger charge is -2.32. The number of benzene rings is 1. The van der Waals surface area contributed by atoms with Gasteiger partial charge in [0.15, 0.2) is 0 Å². The van der Waals surface area contributed by atoms with Gasteiger partial charge in [-0.25, -0.2) is 14.4 Å². The van der Waals surface area contributed by atoms with Crippen LogP contribution >= 0.6 is 23.2 Å². The number of likely N-dealkylation sites (N-methyl/N-ethyl adjacent to an activating group) is 1. The van der Waals surface area contributed by atoms with Crippen molar-refractivity contribution < 1.29 is 13.9 Å². The van der Waals surface area contributed by atoms with E-state index in [1.165, 1.54) is 18.3 Å². The predicted octanol–water partition coefficient (Wildman–Crippen LogP) is 4.70. The second-order valence-corrected chi connectivity index (χ2v) is 8.93. The van der Waals surface area contributed by atoms with E-state index in [9.17, 15) is 9.18 Å². The zero-order valence-electron chi connectivity index (χ0n) is 18.8. The van der Waals surface area contributed by atoms with E-state index in [1.807, 2.05) is 7.05 Å². The first-order chi connectivity index (χ1) is 16.2. The van der Waals surface area contributed by atoms with Gasteiger partial charge in [-0.2, -0.15) is 0 Å². The number of carbonyl (C=O) groups is 1. The SMILES string of the molecule is CC(Oc1cnc(C(=O)N2CCN(C)CC2)c(-c2ccnc(N)c2)c1)c1c(Cl)ccc(F)c1Cl. The Kier molecular flexibility index (Phi) is 7.21. The smallest absolute Gasteiger partial charge is 0.273 e. The quantitative estimate of drug-likeness (QED) is 0.508. The Morgan fingerprint density at radius 1 is 1.15 bits per heavy atom. The van der Waals surface area contributed by atoms with E-state index >= 15 is 0 Å². The molecule has 0 spiro atoms. The number of hydrogen-bond acceptors (Lipinski definition) is 6. The Morgan fingerprint density at radius 3 is 2.59 bits per heavy atom. The van der Waals surface area contributed by atoms with Gasteiger partial charge in [0.2, 0.25) is 0 Å². The molecule has 4 rings (SSSR count). The lowest BCUT2D eigenvalue weighted by Crippen LogP contribution is -2.47. The minimum absolute atomic E-state index is 0.100. The largest absolute Gasteiger partial charge is 0.484 e. The van der Waals surface area contributed by atoms with Gasteiger partial charge in [-0.3, -0.25) is 4.79 Å². The predicted molar refractivity (Wildman–Crippen MR) is 131 cm³/mol. The monoisotopic (exact) mass is 503 g/mol. The van der Waals surface area contributed by atoms with Crippen molar-refractivity contribution >= 4 is 34.9 Å². The van der Waals surface area contributed by atoms with Crippen LogP contribution in [0.5, 0.6) is 5.75 Å². The van der Waals surface area contributed by atoms with Crippen LogP contribution in [0.25, 0.3) is 11.1 Å². The van der Waals surface area contributed by atoms with Crippen LogP contribution in [0.4, 0.5) is 10.2 Å². The Hall–Kier alpha value is -2.94. The molecular weight excluding hydrogens is 480 g/mol. The van der Waals surface area contributed by atoms with Crippen LogP contribution in [0.1, 0.15) is 29.1 Å². The van der Waals surface area contributed by atoms with Crippen LogP contribution < -0.4 is 10.5 Å². The van der Waals surface area contributed by atoms with Gasteiger partial charge in [0.1, 0.15) is 29.2 Å². The molecule has 1 atom stereocenters. The van der Waals surface area contributed by atoms with Gasteiger partial charge in [0, 0.05) is 48.5 Å². The maximum absolute atomic E-state index is 14.0. The lowest BCUT2D eigenvalue weighted by atomic mass is 10.0. The van der Waals surface area contributed by atoms with Crippen LogP contribution in [-0.4, -0.2) is 58.9 Å². The highest BCUT2D eigenvalue weighted by atomic mass is 35.5. The summed E-state index contributed by atoms with van der Waals surface area (Å²) in [7, 11) is 2.02. The summed E-state index contributed by atoms with van der Waals surface area (Å²) in [5.74, 6) is -0.0808. The van der Waals surface area contributed by atoms with Crippen molar-refractivity contribution in [1.82, 2.24) is 19.8 Å². The summed E-state index contributed by atoms with van der Waals surface area (Å²) in [5.41, 5.74) is 7.75. The Balaban J connectivity index is 1.70. The van der Waals surface area contributed by atoms with Crippen molar-refractivity contribution in [2.24, 2.45) is 0 Å². The van der Waals surface area contributed by atoms with E-state index in [0.717, 1.165) is 13.1 Å². The summed E-state index contributed by atoms with van der Waals surface area (Å²) in [5, 5.41) is 0.188. The molecule has 7 nitrogen and oxygen atoms in total. The molecule has 178 valence electrons. The van der Waals surface area contributed by atoms with E-state index in [4.69, 9.17) is 33.7 Å². The number of halogens is 3. The molecule has 1 amide bonds. The third kappa shape index (κ3) is 5.09. The van der Waals surface area contributed by atoms with Crippen LogP contribution in [0.2, 0.25) is 10.0 Å². The second-order valence-electron chi connectivity index (χ2n) is 8.15. The van der Waals surface area contributed by atoms with E-state index in [-0.39, 0.29) is 21.6 Å². The first kappa shape index (κ1) is 24.2. The molecule has 1 fully saturated rings. The summed E-state index contributed by atoms with van der Waals surface area (Å²) >= 11 is 12.4. The van der Waals surface area contributed by atoms with Crippen LogP contribution in [0.15, 0.2) is 42.7 Å². The van der Waals surface area contributed by atoms with Crippen molar-refractivity contribution in [3.8, 4) is 16.9 Å². The summed E-state index contributed by atoms with van der Waals surface area (Å²) < 4.78 is 20.0. The average Bonchev–Trinajstić information content (AvgIpc) is 2.82. The molecule has 0 bridgehead atoms. The van der Waals surface area contributed by atoms with Gasteiger partial charge in [-0.05, 0) is 49.9 Å². The molecule has 1 aliphatic heterocycles. The average molecular weight is 504 g/mol. The van der Waals surface area contributed by atoms with Gasteiger partial charge in [-0.1, -0.05) is 23.2 Å². The molecule has 1 aromatic carbocycles. The number of pyridine rings is 2. The first-order valence-electron chi connectivity index (χ1n) is 10.7. The van der Waals surface area contributed by atoms with Gasteiger partial charge < -0.3 is 20.3 Å². The van der Waals surface area contributed by atoms with Gasteiger partial charge in [0.25, 0.3) is 5.91 Å². The van der Waals surface area contributed by atoms with Gasteiger partial charge >= 0.3 is 0 Å². The highest BCUT2D eigenvalue weighted by Gasteiger charge is 2.25. The molecule has 1 unspecified atom stereocenters. The highest BCUT2D eigenvalue weighted by molar-refractivity contribution is 6.36. The number of hydrogen-bond donors (Lipinski definition) is 1. The number of carbonyl (C=O) groups excluding carboxylic acids is 1. The van der Waals surface area contributed by atoms with E-state index in [0.29, 0.717) is 41.3 Å². The molecular formula is C24H24Cl2FN5O2. The third-order valence-electron chi connectivity index (χ3n) is 5.75. The minimum Gasteiger partial charge on any atom is -0.484 e. The molecule has 2 aromatic heterocycles. The minimum atomic E-state index is -0.674. The van der Waals surface area contributed by atoms with Crippen LogP contribution in [0, 0.1) is 5.82 Å². The zero-order valence-corrected chi connectivity index (χ0v) is 20.3. The number of piperazine rings is 1. The Bertz CT molecular complexity index is 1220. The number of aromatic nitrogens is 2.